The molecular formula is C32H39F2N7O4. The predicted octanol–water partition coefficient (Wildman–Crippen LogP) is 4.80. The van der Waals surface area contributed by atoms with Crippen LogP contribution in [0, 0.1) is 24.5 Å². The van der Waals surface area contributed by atoms with Crippen LogP contribution in [0.4, 0.5) is 30.6 Å². The summed E-state index contributed by atoms with van der Waals surface area (Å²) in [7, 11) is 1.56. The number of aryl methyl sites for hydroxylation is 1. The second-order valence-corrected chi connectivity index (χ2v) is 13.4. The molecule has 3 aliphatic heterocycles. The van der Waals surface area contributed by atoms with Crippen LogP contribution >= 0.6 is 0 Å². The Hall–Kier alpha value is -4.26. The summed E-state index contributed by atoms with van der Waals surface area (Å²) < 4.78 is 43.7. The summed E-state index contributed by atoms with van der Waals surface area (Å²) in [6, 6.07) is 2.17. The van der Waals surface area contributed by atoms with Crippen LogP contribution in [0.3, 0.4) is 0 Å². The van der Waals surface area contributed by atoms with E-state index >= 15 is 4.39 Å². The molecule has 45 heavy (non-hydrogen) atoms. The van der Waals surface area contributed by atoms with Crippen molar-refractivity contribution >= 4 is 40.9 Å². The number of pyridine rings is 1. The Kier molecular flexibility index (Phi) is 7.70. The van der Waals surface area contributed by atoms with E-state index in [9.17, 15) is 14.0 Å². The van der Waals surface area contributed by atoms with Gasteiger partial charge < -0.3 is 34.7 Å². The molecule has 0 spiro atoms. The minimum absolute atomic E-state index is 0.0978. The van der Waals surface area contributed by atoms with Gasteiger partial charge in [0.05, 0.1) is 53.1 Å². The lowest BCUT2D eigenvalue weighted by Crippen LogP contribution is -2.54. The highest BCUT2D eigenvalue weighted by Gasteiger charge is 2.54. The zero-order valence-corrected chi connectivity index (χ0v) is 26.2. The standard InChI is InChI=1S/C32H39F2N7O4/c1-18-13-40-14-20(8-24(34)28(40)37-18)38-29(42)26-23(33)9-25(22(12-36-5)27(26)35)39-7-6-21(15-39)41(30(43)45-31(2,3)4)17-32-10-19(11-32)16-44-32/h8-9,12-14,19,21H,6-7,10-11,15-17,35H2,1-5H3,(H,38,42)/t19?,21-,32?/m0/s1. The molecule has 3 saturated heterocycles. The average Bonchev–Trinajstić information content (AvgIpc) is 3.71. The number of hydrogen-bond donors (Lipinski definition) is 2. The number of aliphatic imine (C=N–C) groups is 1. The third kappa shape index (κ3) is 5.92. The first-order chi connectivity index (χ1) is 21.3. The Morgan fingerprint density at radius 2 is 2.02 bits per heavy atom. The highest BCUT2D eigenvalue weighted by atomic mass is 19.1. The highest BCUT2D eigenvalue weighted by Crippen LogP contribution is 2.49. The molecule has 3 N–H and O–H groups in total. The van der Waals surface area contributed by atoms with Crippen molar-refractivity contribution in [1.82, 2.24) is 14.3 Å². The summed E-state index contributed by atoms with van der Waals surface area (Å²) in [6.07, 6.45) is 6.66. The van der Waals surface area contributed by atoms with Crippen LogP contribution in [0.1, 0.15) is 61.6 Å². The molecule has 1 aliphatic carbocycles. The number of amides is 2. The second-order valence-electron chi connectivity index (χ2n) is 13.4. The zero-order valence-electron chi connectivity index (χ0n) is 26.2. The number of fused-ring (bicyclic) bond motifs is 2. The lowest BCUT2D eigenvalue weighted by atomic mass is 9.74. The first kappa shape index (κ1) is 30.8. The molecule has 240 valence electrons. The fourth-order valence-electron chi connectivity index (χ4n) is 6.76. The molecule has 11 nitrogen and oxygen atoms in total. The SMILES string of the molecule is CN=Cc1c(N2CC[C@H](N(CC34CC(CO3)C4)C(=O)OC(C)(C)C)C2)cc(F)c(C(=O)Nc2cc(F)c3nc(C)cn3c2)c1N. The monoisotopic (exact) mass is 623 g/mol. The minimum Gasteiger partial charge on any atom is -0.444 e. The van der Waals surface area contributed by atoms with Gasteiger partial charge in [-0.25, -0.2) is 18.6 Å². The van der Waals surface area contributed by atoms with Crippen molar-refractivity contribution in [2.45, 2.75) is 64.2 Å². The minimum atomic E-state index is -0.834. The number of aromatic nitrogens is 2. The van der Waals surface area contributed by atoms with Crippen molar-refractivity contribution in [1.29, 1.82) is 0 Å². The Balaban J connectivity index is 1.26. The first-order valence-corrected chi connectivity index (χ1v) is 15.1. The maximum atomic E-state index is 15.8. The van der Waals surface area contributed by atoms with E-state index in [1.54, 1.807) is 25.1 Å². The number of imidazole rings is 1. The largest absolute Gasteiger partial charge is 0.444 e. The number of benzene rings is 1. The van der Waals surface area contributed by atoms with Gasteiger partial charge in [0.1, 0.15) is 11.4 Å². The van der Waals surface area contributed by atoms with Gasteiger partial charge in [0, 0.05) is 50.4 Å². The second kappa shape index (κ2) is 11.3. The molecule has 4 fully saturated rings. The highest BCUT2D eigenvalue weighted by molar-refractivity contribution is 6.11. The molecule has 4 aliphatic rings. The molecule has 3 aromatic rings. The molecule has 1 saturated carbocycles. The summed E-state index contributed by atoms with van der Waals surface area (Å²) in [5.74, 6) is -1.76. The van der Waals surface area contributed by atoms with Crippen LogP contribution < -0.4 is 16.0 Å². The number of carbonyl (C=O) groups is 2. The van der Waals surface area contributed by atoms with Gasteiger partial charge in [0.2, 0.25) is 0 Å². The van der Waals surface area contributed by atoms with E-state index in [4.69, 9.17) is 15.2 Å². The molecule has 1 atom stereocenters. The number of ether oxygens (including phenoxy) is 2. The van der Waals surface area contributed by atoms with Crippen molar-refractivity contribution < 1.29 is 27.8 Å². The van der Waals surface area contributed by atoms with E-state index in [-0.39, 0.29) is 34.2 Å². The number of nitrogens with zero attached hydrogens (tertiary/aromatic N) is 5. The van der Waals surface area contributed by atoms with E-state index in [0.29, 0.717) is 55.5 Å². The van der Waals surface area contributed by atoms with Crippen molar-refractivity contribution in [2.75, 3.05) is 49.2 Å². The Morgan fingerprint density at radius 1 is 1.27 bits per heavy atom. The molecule has 2 aromatic heterocycles. The number of nitrogens with one attached hydrogen (secondary N) is 1. The van der Waals surface area contributed by atoms with Crippen LogP contribution in [0.25, 0.3) is 5.65 Å². The fourth-order valence-corrected chi connectivity index (χ4v) is 6.76. The van der Waals surface area contributed by atoms with Gasteiger partial charge >= 0.3 is 6.09 Å². The molecular weight excluding hydrogens is 584 g/mol. The lowest BCUT2D eigenvalue weighted by Gasteiger charge is -2.42. The van der Waals surface area contributed by atoms with E-state index < -0.39 is 29.2 Å². The number of halogens is 2. The number of carbonyl (C=O) groups excluding carboxylic acids is 2. The fraction of sp³-hybridized carbons (Fsp3) is 0.500. The summed E-state index contributed by atoms with van der Waals surface area (Å²) in [5.41, 5.74) is 6.63. The van der Waals surface area contributed by atoms with Crippen LogP contribution in [0.5, 0.6) is 0 Å². The van der Waals surface area contributed by atoms with Crippen molar-refractivity contribution in [3.05, 3.63) is 53.0 Å². The maximum Gasteiger partial charge on any atom is 0.410 e. The topological polar surface area (TPSA) is 127 Å². The predicted molar refractivity (Wildman–Crippen MR) is 167 cm³/mol. The number of nitrogen functional groups attached to an aromatic ring is 1. The van der Waals surface area contributed by atoms with Crippen molar-refractivity contribution in [3.8, 4) is 0 Å². The van der Waals surface area contributed by atoms with Gasteiger partial charge in [-0.3, -0.25) is 9.79 Å². The van der Waals surface area contributed by atoms with Crippen LogP contribution in [0.2, 0.25) is 0 Å². The number of nitrogens with two attached hydrogens (primary N) is 1. The van der Waals surface area contributed by atoms with Gasteiger partial charge in [-0.1, -0.05) is 0 Å². The van der Waals surface area contributed by atoms with Crippen molar-refractivity contribution in [3.63, 3.8) is 0 Å². The van der Waals surface area contributed by atoms with Crippen LogP contribution in [0.15, 0.2) is 29.5 Å². The first-order valence-electron chi connectivity index (χ1n) is 15.1. The molecule has 2 amide bonds. The van der Waals surface area contributed by atoms with E-state index in [0.717, 1.165) is 18.9 Å². The third-order valence-electron chi connectivity index (χ3n) is 8.69. The van der Waals surface area contributed by atoms with Crippen molar-refractivity contribution in [2.24, 2.45) is 10.9 Å². The van der Waals surface area contributed by atoms with Gasteiger partial charge in [-0.2, -0.15) is 0 Å². The quantitative estimate of drug-likeness (QED) is 0.286. The van der Waals surface area contributed by atoms with E-state index in [1.165, 1.54) is 22.9 Å². The van der Waals surface area contributed by atoms with Gasteiger partial charge in [-0.15, -0.1) is 0 Å². The number of hydrogen-bond acceptors (Lipinski definition) is 8. The summed E-state index contributed by atoms with van der Waals surface area (Å²) in [4.78, 5) is 38.7. The molecule has 0 unspecified atom stereocenters. The Bertz CT molecular complexity index is 1690. The molecule has 1 aromatic carbocycles. The normalized spacial score (nSPS) is 22.7. The van der Waals surface area contributed by atoms with Gasteiger partial charge in [0.25, 0.3) is 5.91 Å². The summed E-state index contributed by atoms with van der Waals surface area (Å²) >= 11 is 0. The van der Waals surface area contributed by atoms with Crippen LogP contribution in [-0.2, 0) is 9.47 Å². The maximum absolute atomic E-state index is 15.8. The average molecular weight is 624 g/mol. The molecule has 0 radical (unpaired) electrons. The zero-order chi connectivity index (χ0) is 32.3. The number of anilines is 3. The number of rotatable bonds is 7. The molecule has 5 heterocycles. The van der Waals surface area contributed by atoms with Gasteiger partial charge in [-0.05, 0) is 58.9 Å². The molecule has 13 heteroatoms. The Labute approximate surface area is 260 Å². The lowest BCUT2D eigenvalue weighted by molar-refractivity contribution is -0.0458. The summed E-state index contributed by atoms with van der Waals surface area (Å²) in [5, 5.41) is 2.56. The molecule has 7 rings (SSSR count). The van der Waals surface area contributed by atoms with Gasteiger partial charge in [0.15, 0.2) is 11.5 Å². The Morgan fingerprint density at radius 3 is 2.69 bits per heavy atom. The van der Waals surface area contributed by atoms with Crippen LogP contribution in [-0.4, -0.2) is 83.0 Å². The van der Waals surface area contributed by atoms with E-state index in [1.807, 2.05) is 25.7 Å². The van der Waals surface area contributed by atoms with E-state index in [2.05, 4.69) is 15.3 Å². The third-order valence-corrected chi connectivity index (χ3v) is 8.69. The smallest absolute Gasteiger partial charge is 0.410 e. The summed E-state index contributed by atoms with van der Waals surface area (Å²) in [6.45, 7) is 9.28. The molecule has 2 bridgehead atoms.